The standard InChI is InChI=1S/C9H12N6OS2/c1-15(2)8-13-14-9(18-8)17-7-5(10)6(16-3)11-4-12-7/h4H,10H2,1-3H3. The molecule has 0 atom stereocenters. The molecular formula is C9H12N6OS2. The molecule has 2 rings (SSSR count). The minimum atomic E-state index is 0.366. The quantitative estimate of drug-likeness (QED) is 0.836. The van der Waals surface area contributed by atoms with Crippen LogP contribution in [0.5, 0.6) is 5.88 Å². The predicted molar refractivity (Wildman–Crippen MR) is 71.4 cm³/mol. The Hall–Kier alpha value is -1.61. The van der Waals surface area contributed by atoms with E-state index in [1.807, 2.05) is 19.0 Å². The van der Waals surface area contributed by atoms with Crippen LogP contribution in [0.1, 0.15) is 0 Å². The first-order valence-electron chi connectivity index (χ1n) is 4.95. The molecule has 2 aromatic heterocycles. The molecule has 0 saturated heterocycles. The zero-order chi connectivity index (χ0) is 13.1. The lowest BCUT2D eigenvalue weighted by Gasteiger charge is -2.05. The molecule has 0 aliphatic heterocycles. The van der Waals surface area contributed by atoms with E-state index < -0.39 is 0 Å². The number of aromatic nitrogens is 4. The Morgan fingerprint density at radius 1 is 1.33 bits per heavy atom. The van der Waals surface area contributed by atoms with Gasteiger partial charge in [-0.05, 0) is 11.8 Å². The number of hydrogen-bond donors (Lipinski definition) is 1. The van der Waals surface area contributed by atoms with E-state index in [4.69, 9.17) is 10.5 Å². The van der Waals surface area contributed by atoms with Crippen molar-refractivity contribution >= 4 is 33.9 Å². The highest BCUT2D eigenvalue weighted by molar-refractivity contribution is 8.01. The van der Waals surface area contributed by atoms with Crippen molar-refractivity contribution < 1.29 is 4.74 Å². The molecule has 9 heteroatoms. The highest BCUT2D eigenvalue weighted by Gasteiger charge is 2.13. The molecule has 0 amide bonds. The number of anilines is 2. The summed E-state index contributed by atoms with van der Waals surface area (Å²) in [5.74, 6) is 0.366. The number of nitrogen functional groups attached to an aromatic ring is 1. The topological polar surface area (TPSA) is 90.0 Å². The van der Waals surface area contributed by atoms with E-state index in [2.05, 4.69) is 20.2 Å². The second kappa shape index (κ2) is 5.36. The van der Waals surface area contributed by atoms with Crippen molar-refractivity contribution in [2.24, 2.45) is 0 Å². The van der Waals surface area contributed by atoms with Crippen molar-refractivity contribution in [2.75, 3.05) is 31.8 Å². The molecule has 7 nitrogen and oxygen atoms in total. The third-order valence-corrected chi connectivity index (χ3v) is 4.13. The third kappa shape index (κ3) is 2.62. The zero-order valence-electron chi connectivity index (χ0n) is 10.1. The smallest absolute Gasteiger partial charge is 0.241 e. The maximum atomic E-state index is 5.88. The Balaban J connectivity index is 2.23. The summed E-state index contributed by atoms with van der Waals surface area (Å²) >= 11 is 2.81. The maximum absolute atomic E-state index is 5.88. The van der Waals surface area contributed by atoms with Crippen molar-refractivity contribution in [1.29, 1.82) is 0 Å². The van der Waals surface area contributed by atoms with Gasteiger partial charge in [0.05, 0.1) is 7.11 Å². The molecule has 96 valence electrons. The molecule has 2 heterocycles. The molecule has 0 unspecified atom stereocenters. The van der Waals surface area contributed by atoms with Gasteiger partial charge in [0.15, 0.2) is 4.34 Å². The predicted octanol–water partition coefficient (Wildman–Crippen LogP) is 1.14. The van der Waals surface area contributed by atoms with Crippen LogP contribution in [0.2, 0.25) is 0 Å². The molecule has 0 radical (unpaired) electrons. The lowest BCUT2D eigenvalue weighted by molar-refractivity contribution is 0.397. The van der Waals surface area contributed by atoms with Crippen LogP contribution in [0.3, 0.4) is 0 Å². The molecule has 18 heavy (non-hydrogen) atoms. The number of rotatable bonds is 4. The first-order valence-corrected chi connectivity index (χ1v) is 6.58. The fraction of sp³-hybridized carbons (Fsp3) is 0.333. The van der Waals surface area contributed by atoms with E-state index >= 15 is 0 Å². The lowest BCUT2D eigenvalue weighted by atomic mass is 10.5. The van der Waals surface area contributed by atoms with E-state index in [0.29, 0.717) is 16.6 Å². The average molecular weight is 284 g/mol. The Morgan fingerprint density at radius 2 is 2.11 bits per heavy atom. The van der Waals surface area contributed by atoms with Gasteiger partial charge in [-0.3, -0.25) is 0 Å². The SMILES string of the molecule is COc1ncnc(Sc2nnc(N(C)C)s2)c1N. The van der Waals surface area contributed by atoms with Crippen LogP contribution in [0, 0.1) is 0 Å². The second-order valence-corrected chi connectivity index (χ2v) is 5.64. The molecule has 2 N–H and O–H groups in total. The molecular weight excluding hydrogens is 272 g/mol. The fourth-order valence-electron chi connectivity index (χ4n) is 1.12. The van der Waals surface area contributed by atoms with Gasteiger partial charge in [0.25, 0.3) is 0 Å². The van der Waals surface area contributed by atoms with Crippen LogP contribution < -0.4 is 15.4 Å². The van der Waals surface area contributed by atoms with Gasteiger partial charge in [-0.15, -0.1) is 10.2 Å². The summed E-state index contributed by atoms with van der Waals surface area (Å²) in [4.78, 5) is 9.92. The molecule has 0 aromatic carbocycles. The van der Waals surface area contributed by atoms with E-state index in [9.17, 15) is 0 Å². The van der Waals surface area contributed by atoms with Gasteiger partial charge in [0.1, 0.15) is 17.0 Å². The van der Waals surface area contributed by atoms with Crippen LogP contribution in [0.25, 0.3) is 0 Å². The molecule has 0 fully saturated rings. The molecule has 0 bridgehead atoms. The van der Waals surface area contributed by atoms with E-state index in [0.717, 1.165) is 9.47 Å². The molecule has 0 spiro atoms. The van der Waals surface area contributed by atoms with Crippen LogP contribution in [0.15, 0.2) is 15.7 Å². The van der Waals surface area contributed by atoms with Gasteiger partial charge in [0, 0.05) is 14.1 Å². The number of hydrogen-bond acceptors (Lipinski definition) is 9. The van der Waals surface area contributed by atoms with E-state index in [1.54, 1.807) is 0 Å². The molecule has 0 saturated carbocycles. The van der Waals surface area contributed by atoms with Gasteiger partial charge >= 0.3 is 0 Å². The zero-order valence-corrected chi connectivity index (χ0v) is 11.7. The maximum Gasteiger partial charge on any atom is 0.241 e. The van der Waals surface area contributed by atoms with Crippen LogP contribution in [0.4, 0.5) is 10.8 Å². The second-order valence-electron chi connectivity index (χ2n) is 3.45. The Labute approximate surface area is 112 Å². The van der Waals surface area contributed by atoms with Crippen LogP contribution in [-0.2, 0) is 0 Å². The van der Waals surface area contributed by atoms with Crippen molar-refractivity contribution in [2.45, 2.75) is 9.37 Å². The number of nitrogens with two attached hydrogens (primary N) is 1. The average Bonchev–Trinajstić information content (AvgIpc) is 2.80. The fourth-order valence-corrected chi connectivity index (χ4v) is 2.79. The summed E-state index contributed by atoms with van der Waals surface area (Å²) in [7, 11) is 5.34. The Kier molecular flexibility index (Phi) is 3.82. The van der Waals surface area contributed by atoms with Gasteiger partial charge in [0.2, 0.25) is 11.0 Å². The van der Waals surface area contributed by atoms with Gasteiger partial charge < -0.3 is 15.4 Å². The molecule has 0 aliphatic rings. The van der Waals surface area contributed by atoms with Crippen molar-refractivity contribution in [1.82, 2.24) is 20.2 Å². The molecule has 0 aliphatic carbocycles. The lowest BCUT2D eigenvalue weighted by Crippen LogP contribution is -2.07. The Bertz CT molecular complexity index is 544. The molecule has 2 aromatic rings. The number of ether oxygens (including phenoxy) is 1. The summed E-state index contributed by atoms with van der Waals surface area (Å²) in [6, 6.07) is 0. The van der Waals surface area contributed by atoms with Gasteiger partial charge in [-0.2, -0.15) is 4.98 Å². The highest BCUT2D eigenvalue weighted by atomic mass is 32.2. The first-order chi connectivity index (χ1) is 8.61. The monoisotopic (exact) mass is 284 g/mol. The van der Waals surface area contributed by atoms with Gasteiger partial charge in [-0.25, -0.2) is 4.98 Å². The highest BCUT2D eigenvalue weighted by Crippen LogP contribution is 2.36. The van der Waals surface area contributed by atoms with E-state index in [-0.39, 0.29) is 0 Å². The van der Waals surface area contributed by atoms with Crippen molar-refractivity contribution in [3.05, 3.63) is 6.33 Å². The summed E-state index contributed by atoms with van der Waals surface area (Å²) < 4.78 is 5.81. The summed E-state index contributed by atoms with van der Waals surface area (Å²) in [6.07, 6.45) is 1.41. The third-order valence-electron chi connectivity index (χ3n) is 1.97. The summed E-state index contributed by atoms with van der Waals surface area (Å²) in [6.45, 7) is 0. The largest absolute Gasteiger partial charge is 0.479 e. The van der Waals surface area contributed by atoms with Crippen molar-refractivity contribution in [3.8, 4) is 5.88 Å². The number of nitrogens with zero attached hydrogens (tertiary/aromatic N) is 5. The van der Waals surface area contributed by atoms with Crippen molar-refractivity contribution in [3.63, 3.8) is 0 Å². The normalized spacial score (nSPS) is 10.4. The minimum Gasteiger partial charge on any atom is -0.479 e. The number of methoxy groups -OCH3 is 1. The van der Waals surface area contributed by atoms with E-state index in [1.165, 1.54) is 36.5 Å². The summed E-state index contributed by atoms with van der Waals surface area (Å²) in [5, 5.41) is 9.55. The van der Waals surface area contributed by atoms with Crippen LogP contribution in [-0.4, -0.2) is 41.4 Å². The van der Waals surface area contributed by atoms with Crippen LogP contribution >= 0.6 is 23.1 Å². The van der Waals surface area contributed by atoms with Gasteiger partial charge in [-0.1, -0.05) is 11.3 Å². The summed E-state index contributed by atoms with van der Waals surface area (Å²) in [5.41, 5.74) is 6.29. The minimum absolute atomic E-state index is 0.366. The Morgan fingerprint density at radius 3 is 2.72 bits per heavy atom. The first kappa shape index (κ1) is 12.8.